The van der Waals surface area contributed by atoms with Crippen LogP contribution in [0.5, 0.6) is 0 Å². The molecule has 0 aromatic heterocycles. The van der Waals surface area contributed by atoms with Gasteiger partial charge < -0.3 is 10.6 Å². The number of benzene rings is 1. The Labute approximate surface area is 124 Å². The van der Waals surface area contributed by atoms with Gasteiger partial charge in [-0.2, -0.15) is 0 Å². The Balaban J connectivity index is 2.43. The summed E-state index contributed by atoms with van der Waals surface area (Å²) in [5.41, 5.74) is 6.99. The second-order valence-corrected chi connectivity index (χ2v) is 5.56. The molecule has 2 N–H and O–H groups in total. The fourth-order valence-corrected chi connectivity index (χ4v) is 2.89. The normalized spacial score (nSPS) is 24.0. The molecule has 6 nitrogen and oxygen atoms in total. The van der Waals surface area contributed by atoms with Crippen LogP contribution in [0.15, 0.2) is 24.3 Å². The van der Waals surface area contributed by atoms with Crippen LogP contribution in [-0.2, 0) is 4.79 Å². The number of non-ortho nitro benzene ring substituents is 1. The first-order valence-electron chi connectivity index (χ1n) is 7.26. The van der Waals surface area contributed by atoms with Gasteiger partial charge in [0.25, 0.3) is 5.69 Å². The molecular formula is C15H21N3O3. The second-order valence-electron chi connectivity index (χ2n) is 5.56. The first-order chi connectivity index (χ1) is 9.95. The van der Waals surface area contributed by atoms with E-state index >= 15 is 0 Å². The quantitative estimate of drug-likeness (QED) is 0.681. The van der Waals surface area contributed by atoms with Crippen LogP contribution in [0.25, 0.3) is 0 Å². The van der Waals surface area contributed by atoms with E-state index in [0.717, 1.165) is 12.0 Å². The van der Waals surface area contributed by atoms with E-state index < -0.39 is 4.92 Å². The maximum atomic E-state index is 12.3. The summed E-state index contributed by atoms with van der Waals surface area (Å²) in [6, 6.07) is 6.01. The van der Waals surface area contributed by atoms with Crippen LogP contribution in [0, 0.1) is 10.1 Å². The standard InChI is InChI=1S/C15H21N3O3/c1-3-10(2)17-14(19)8-7-13(16)15(17)11-5-4-6-12(9-11)18(20)21/h4-6,9-10,13,15H,3,7-8,16H2,1-2H3. The Hall–Kier alpha value is -1.95. The Morgan fingerprint density at radius 3 is 2.86 bits per heavy atom. The summed E-state index contributed by atoms with van der Waals surface area (Å²) in [6.07, 6.45) is 1.87. The highest BCUT2D eigenvalue weighted by atomic mass is 16.6. The lowest BCUT2D eigenvalue weighted by atomic mass is 9.89. The molecule has 114 valence electrons. The van der Waals surface area contributed by atoms with Gasteiger partial charge in [0.05, 0.1) is 11.0 Å². The van der Waals surface area contributed by atoms with Crippen molar-refractivity contribution in [3.05, 3.63) is 39.9 Å². The van der Waals surface area contributed by atoms with Crippen LogP contribution < -0.4 is 5.73 Å². The van der Waals surface area contributed by atoms with Crippen molar-refractivity contribution in [1.29, 1.82) is 0 Å². The van der Waals surface area contributed by atoms with Gasteiger partial charge in [-0.15, -0.1) is 0 Å². The van der Waals surface area contributed by atoms with Gasteiger partial charge in [-0.25, -0.2) is 0 Å². The molecule has 1 aliphatic rings. The molecule has 6 heteroatoms. The van der Waals surface area contributed by atoms with E-state index in [9.17, 15) is 14.9 Å². The van der Waals surface area contributed by atoms with Crippen LogP contribution >= 0.6 is 0 Å². The molecule has 0 radical (unpaired) electrons. The number of amides is 1. The van der Waals surface area contributed by atoms with E-state index in [1.54, 1.807) is 11.0 Å². The minimum atomic E-state index is -0.423. The summed E-state index contributed by atoms with van der Waals surface area (Å²) in [7, 11) is 0. The molecule has 0 saturated carbocycles. The zero-order valence-electron chi connectivity index (χ0n) is 12.4. The first-order valence-corrected chi connectivity index (χ1v) is 7.26. The van der Waals surface area contributed by atoms with E-state index in [4.69, 9.17) is 5.73 Å². The third kappa shape index (κ3) is 3.05. The average molecular weight is 291 g/mol. The number of nitro benzene ring substituents is 1. The monoisotopic (exact) mass is 291 g/mol. The Kier molecular flexibility index (Phi) is 4.57. The summed E-state index contributed by atoms with van der Waals surface area (Å²) < 4.78 is 0. The molecule has 1 aromatic carbocycles. The van der Waals surface area contributed by atoms with Gasteiger partial charge in [-0.1, -0.05) is 19.1 Å². The number of carbonyl (C=O) groups excluding carboxylic acids is 1. The molecule has 0 bridgehead atoms. The number of hydrogen-bond acceptors (Lipinski definition) is 4. The molecule has 2 rings (SSSR count). The van der Waals surface area contributed by atoms with Crippen LogP contribution in [0.2, 0.25) is 0 Å². The fourth-order valence-electron chi connectivity index (χ4n) is 2.89. The number of nitrogens with two attached hydrogens (primary N) is 1. The third-order valence-corrected chi connectivity index (χ3v) is 4.17. The number of carbonyl (C=O) groups is 1. The van der Waals surface area contributed by atoms with Gasteiger partial charge in [0, 0.05) is 30.6 Å². The van der Waals surface area contributed by atoms with Crippen molar-refractivity contribution in [2.45, 2.75) is 51.2 Å². The van der Waals surface area contributed by atoms with Crippen molar-refractivity contribution in [1.82, 2.24) is 4.90 Å². The Morgan fingerprint density at radius 2 is 2.24 bits per heavy atom. The minimum absolute atomic E-state index is 0.0295. The molecule has 3 unspecified atom stereocenters. The lowest BCUT2D eigenvalue weighted by molar-refractivity contribution is -0.385. The molecule has 0 spiro atoms. The number of rotatable bonds is 4. The topological polar surface area (TPSA) is 89.5 Å². The molecule has 3 atom stereocenters. The molecule has 1 heterocycles. The summed E-state index contributed by atoms with van der Waals surface area (Å²) >= 11 is 0. The van der Waals surface area contributed by atoms with E-state index in [1.807, 2.05) is 19.9 Å². The van der Waals surface area contributed by atoms with Crippen molar-refractivity contribution in [2.75, 3.05) is 0 Å². The zero-order valence-corrected chi connectivity index (χ0v) is 12.4. The molecule has 1 aromatic rings. The van der Waals surface area contributed by atoms with Crippen molar-refractivity contribution >= 4 is 11.6 Å². The van der Waals surface area contributed by atoms with Gasteiger partial charge >= 0.3 is 0 Å². The van der Waals surface area contributed by atoms with Crippen molar-refractivity contribution in [2.24, 2.45) is 5.73 Å². The molecule has 1 fully saturated rings. The van der Waals surface area contributed by atoms with E-state index in [1.165, 1.54) is 12.1 Å². The van der Waals surface area contributed by atoms with Gasteiger partial charge in [0.1, 0.15) is 0 Å². The molecule has 1 amide bonds. The second kappa shape index (κ2) is 6.22. The number of piperidine rings is 1. The molecular weight excluding hydrogens is 270 g/mol. The van der Waals surface area contributed by atoms with E-state index in [2.05, 4.69) is 0 Å². The lowest BCUT2D eigenvalue weighted by Gasteiger charge is -2.43. The highest BCUT2D eigenvalue weighted by molar-refractivity contribution is 5.78. The zero-order chi connectivity index (χ0) is 15.6. The highest BCUT2D eigenvalue weighted by Gasteiger charge is 2.37. The third-order valence-electron chi connectivity index (χ3n) is 4.17. The van der Waals surface area contributed by atoms with Crippen molar-refractivity contribution in [3.8, 4) is 0 Å². The van der Waals surface area contributed by atoms with Crippen LogP contribution in [-0.4, -0.2) is 27.8 Å². The van der Waals surface area contributed by atoms with E-state index in [0.29, 0.717) is 12.8 Å². The van der Waals surface area contributed by atoms with E-state index in [-0.39, 0.29) is 29.7 Å². The average Bonchev–Trinajstić information content (AvgIpc) is 2.48. The summed E-state index contributed by atoms with van der Waals surface area (Å²) in [4.78, 5) is 24.6. The van der Waals surface area contributed by atoms with Crippen LogP contribution in [0.3, 0.4) is 0 Å². The Bertz CT molecular complexity index is 547. The van der Waals surface area contributed by atoms with Gasteiger partial charge in [0.2, 0.25) is 5.91 Å². The molecule has 1 saturated heterocycles. The number of nitro groups is 1. The summed E-state index contributed by atoms with van der Waals surface area (Å²) in [6.45, 7) is 4.00. The number of nitrogens with zero attached hydrogens (tertiary/aromatic N) is 2. The maximum absolute atomic E-state index is 12.3. The predicted molar refractivity (Wildman–Crippen MR) is 79.6 cm³/mol. The van der Waals surface area contributed by atoms with Gasteiger partial charge in [0.15, 0.2) is 0 Å². The van der Waals surface area contributed by atoms with Gasteiger partial charge in [-0.3, -0.25) is 14.9 Å². The smallest absolute Gasteiger partial charge is 0.269 e. The predicted octanol–water partition coefficient (Wildman–Crippen LogP) is 2.38. The maximum Gasteiger partial charge on any atom is 0.269 e. The molecule has 0 aliphatic carbocycles. The van der Waals surface area contributed by atoms with Crippen LogP contribution in [0.1, 0.15) is 44.7 Å². The number of likely N-dealkylation sites (tertiary alicyclic amines) is 1. The fraction of sp³-hybridized carbons (Fsp3) is 0.533. The van der Waals surface area contributed by atoms with Gasteiger partial charge in [-0.05, 0) is 25.3 Å². The molecule has 1 aliphatic heterocycles. The number of hydrogen-bond donors (Lipinski definition) is 1. The highest BCUT2D eigenvalue weighted by Crippen LogP contribution is 2.34. The lowest BCUT2D eigenvalue weighted by Crippen LogP contribution is -2.52. The van der Waals surface area contributed by atoms with Crippen molar-refractivity contribution < 1.29 is 9.72 Å². The summed E-state index contributed by atoms with van der Waals surface area (Å²) in [5.74, 6) is 0.0718. The van der Waals surface area contributed by atoms with Crippen molar-refractivity contribution in [3.63, 3.8) is 0 Å². The van der Waals surface area contributed by atoms with Crippen LogP contribution in [0.4, 0.5) is 5.69 Å². The summed E-state index contributed by atoms with van der Waals surface area (Å²) in [5, 5.41) is 10.9. The molecule has 21 heavy (non-hydrogen) atoms. The SMILES string of the molecule is CCC(C)N1C(=O)CCC(N)C1c1cccc([N+](=O)[O-])c1. The first kappa shape index (κ1) is 15.4. The largest absolute Gasteiger partial charge is 0.331 e. The minimum Gasteiger partial charge on any atom is -0.331 e. The Morgan fingerprint density at radius 1 is 1.52 bits per heavy atom.